The second-order valence-electron chi connectivity index (χ2n) is 4.31. The Balaban J connectivity index is 2.14. The van der Waals surface area contributed by atoms with Crippen LogP contribution in [0.25, 0.3) is 0 Å². The first-order valence-corrected chi connectivity index (χ1v) is 7.27. The van der Waals surface area contributed by atoms with Crippen LogP contribution in [0.5, 0.6) is 11.5 Å². The van der Waals surface area contributed by atoms with Gasteiger partial charge in [0, 0.05) is 4.47 Å². The molecule has 21 heavy (non-hydrogen) atoms. The molecular formula is C16H15BrO4. The van der Waals surface area contributed by atoms with Crippen LogP contribution >= 0.6 is 15.9 Å². The van der Waals surface area contributed by atoms with Gasteiger partial charge >= 0.3 is 5.97 Å². The minimum atomic E-state index is -0.990. The zero-order chi connectivity index (χ0) is 15.2. The molecule has 2 aromatic carbocycles. The van der Waals surface area contributed by atoms with Gasteiger partial charge in [0.1, 0.15) is 6.61 Å². The van der Waals surface area contributed by atoms with E-state index in [0.717, 1.165) is 10.0 Å². The number of carbonyl (C=O) groups is 1. The summed E-state index contributed by atoms with van der Waals surface area (Å²) in [7, 11) is 0. The molecule has 4 nitrogen and oxygen atoms in total. The molecule has 2 aromatic rings. The van der Waals surface area contributed by atoms with Crippen LogP contribution in [0.2, 0.25) is 0 Å². The largest absolute Gasteiger partial charge is 0.490 e. The lowest BCUT2D eigenvalue weighted by Gasteiger charge is -2.12. The summed E-state index contributed by atoms with van der Waals surface area (Å²) in [6.45, 7) is 2.67. The van der Waals surface area contributed by atoms with Crippen LogP contribution in [0.4, 0.5) is 0 Å². The van der Waals surface area contributed by atoms with Crippen molar-refractivity contribution in [1.29, 1.82) is 0 Å². The van der Waals surface area contributed by atoms with Gasteiger partial charge in [-0.25, -0.2) is 4.79 Å². The summed E-state index contributed by atoms with van der Waals surface area (Å²) in [6, 6.07) is 12.4. The van der Waals surface area contributed by atoms with E-state index in [0.29, 0.717) is 24.7 Å². The van der Waals surface area contributed by atoms with E-state index in [9.17, 15) is 4.79 Å². The Morgan fingerprint density at radius 3 is 2.43 bits per heavy atom. The molecule has 0 amide bonds. The number of halogens is 1. The Kier molecular flexibility index (Phi) is 5.22. The maximum absolute atomic E-state index is 11.0. The van der Waals surface area contributed by atoms with Crippen molar-refractivity contribution in [3.63, 3.8) is 0 Å². The quantitative estimate of drug-likeness (QED) is 0.850. The van der Waals surface area contributed by atoms with Gasteiger partial charge < -0.3 is 14.6 Å². The fourth-order valence-electron chi connectivity index (χ4n) is 1.77. The van der Waals surface area contributed by atoms with Crippen LogP contribution in [0, 0.1) is 0 Å². The number of ether oxygens (including phenoxy) is 2. The maximum Gasteiger partial charge on any atom is 0.335 e. The number of carboxylic acids is 1. The molecule has 0 aromatic heterocycles. The zero-order valence-electron chi connectivity index (χ0n) is 11.5. The van der Waals surface area contributed by atoms with Crippen LogP contribution in [0.1, 0.15) is 22.8 Å². The second-order valence-corrected chi connectivity index (χ2v) is 5.23. The molecule has 0 saturated heterocycles. The number of aromatic carboxylic acids is 1. The Morgan fingerprint density at radius 2 is 1.81 bits per heavy atom. The van der Waals surface area contributed by atoms with Gasteiger partial charge in [-0.2, -0.15) is 0 Å². The zero-order valence-corrected chi connectivity index (χ0v) is 13.1. The van der Waals surface area contributed by atoms with E-state index >= 15 is 0 Å². The summed E-state index contributed by atoms with van der Waals surface area (Å²) in [6.07, 6.45) is 0. The van der Waals surface area contributed by atoms with Crippen LogP contribution < -0.4 is 9.47 Å². The van der Waals surface area contributed by atoms with Crippen molar-refractivity contribution in [2.75, 3.05) is 6.61 Å². The summed E-state index contributed by atoms with van der Waals surface area (Å²) in [5.74, 6) is -0.0188. The summed E-state index contributed by atoms with van der Waals surface area (Å²) >= 11 is 3.38. The molecule has 5 heteroatoms. The molecule has 0 heterocycles. The van der Waals surface area contributed by atoms with Crippen LogP contribution in [-0.4, -0.2) is 17.7 Å². The smallest absolute Gasteiger partial charge is 0.335 e. The highest BCUT2D eigenvalue weighted by Gasteiger charge is 2.10. The van der Waals surface area contributed by atoms with E-state index in [1.54, 1.807) is 6.07 Å². The van der Waals surface area contributed by atoms with Gasteiger partial charge in [-0.15, -0.1) is 0 Å². The first kappa shape index (κ1) is 15.4. The summed E-state index contributed by atoms with van der Waals surface area (Å²) < 4.78 is 12.2. The monoisotopic (exact) mass is 350 g/mol. The van der Waals surface area contributed by atoms with Gasteiger partial charge in [0.15, 0.2) is 11.5 Å². The number of hydrogen-bond acceptors (Lipinski definition) is 3. The fraction of sp³-hybridized carbons (Fsp3) is 0.188. The van der Waals surface area contributed by atoms with Crippen molar-refractivity contribution in [3.05, 3.63) is 58.1 Å². The second kappa shape index (κ2) is 7.13. The lowest BCUT2D eigenvalue weighted by Crippen LogP contribution is -2.02. The van der Waals surface area contributed by atoms with Crippen molar-refractivity contribution in [2.24, 2.45) is 0 Å². The molecule has 0 aliphatic rings. The topological polar surface area (TPSA) is 55.8 Å². The normalized spacial score (nSPS) is 10.2. The highest BCUT2D eigenvalue weighted by atomic mass is 79.9. The predicted octanol–water partition coefficient (Wildman–Crippen LogP) is 4.13. The van der Waals surface area contributed by atoms with E-state index < -0.39 is 5.97 Å². The molecule has 0 bridgehead atoms. The van der Waals surface area contributed by atoms with E-state index in [-0.39, 0.29) is 5.56 Å². The molecule has 0 unspecified atom stereocenters. The average Bonchev–Trinajstić information content (AvgIpc) is 2.47. The minimum absolute atomic E-state index is 0.175. The molecule has 0 aliphatic heterocycles. The lowest BCUT2D eigenvalue weighted by molar-refractivity contribution is 0.0696. The van der Waals surface area contributed by atoms with Crippen molar-refractivity contribution < 1.29 is 19.4 Å². The van der Waals surface area contributed by atoms with Gasteiger partial charge in [-0.05, 0) is 42.8 Å². The number of carboxylic acid groups (broad SMARTS) is 1. The average molecular weight is 351 g/mol. The van der Waals surface area contributed by atoms with Crippen LogP contribution in [0.3, 0.4) is 0 Å². The Morgan fingerprint density at radius 1 is 1.10 bits per heavy atom. The SMILES string of the molecule is CCOc1cc(C(=O)O)ccc1OCc1ccc(Br)cc1. The van der Waals surface area contributed by atoms with E-state index in [2.05, 4.69) is 15.9 Å². The van der Waals surface area contributed by atoms with Crippen molar-refractivity contribution in [1.82, 2.24) is 0 Å². The number of benzene rings is 2. The highest BCUT2D eigenvalue weighted by molar-refractivity contribution is 9.10. The van der Waals surface area contributed by atoms with E-state index in [1.165, 1.54) is 12.1 Å². The Hall–Kier alpha value is -2.01. The molecule has 0 aliphatic carbocycles. The maximum atomic E-state index is 11.0. The molecule has 0 saturated carbocycles. The molecule has 0 spiro atoms. The fourth-order valence-corrected chi connectivity index (χ4v) is 2.03. The van der Waals surface area contributed by atoms with E-state index in [1.807, 2.05) is 31.2 Å². The Bertz CT molecular complexity index is 623. The Labute approximate surface area is 131 Å². The minimum Gasteiger partial charge on any atom is -0.490 e. The standard InChI is InChI=1S/C16H15BrO4/c1-2-20-15-9-12(16(18)19)5-8-14(15)21-10-11-3-6-13(17)7-4-11/h3-9H,2,10H2,1H3,(H,18,19). The van der Waals surface area contributed by atoms with Gasteiger partial charge in [0.2, 0.25) is 0 Å². The first-order chi connectivity index (χ1) is 10.1. The van der Waals surface area contributed by atoms with Gasteiger partial charge in [-0.1, -0.05) is 28.1 Å². The van der Waals surface area contributed by atoms with E-state index in [4.69, 9.17) is 14.6 Å². The highest BCUT2D eigenvalue weighted by Crippen LogP contribution is 2.29. The molecule has 1 N–H and O–H groups in total. The lowest BCUT2D eigenvalue weighted by atomic mass is 10.2. The molecule has 0 radical (unpaired) electrons. The van der Waals surface area contributed by atoms with Crippen molar-refractivity contribution >= 4 is 21.9 Å². The van der Waals surface area contributed by atoms with Crippen LogP contribution in [0.15, 0.2) is 46.9 Å². The summed E-state index contributed by atoms with van der Waals surface area (Å²) in [5, 5.41) is 9.00. The van der Waals surface area contributed by atoms with Gasteiger partial charge in [0.25, 0.3) is 0 Å². The molecular weight excluding hydrogens is 336 g/mol. The van der Waals surface area contributed by atoms with Crippen molar-refractivity contribution in [2.45, 2.75) is 13.5 Å². The van der Waals surface area contributed by atoms with Crippen molar-refractivity contribution in [3.8, 4) is 11.5 Å². The number of hydrogen-bond donors (Lipinski definition) is 1. The summed E-state index contributed by atoms with van der Waals surface area (Å²) in [4.78, 5) is 11.0. The van der Waals surface area contributed by atoms with Crippen LogP contribution in [-0.2, 0) is 6.61 Å². The molecule has 110 valence electrons. The molecule has 2 rings (SSSR count). The van der Waals surface area contributed by atoms with Gasteiger partial charge in [-0.3, -0.25) is 0 Å². The summed E-state index contributed by atoms with van der Waals surface area (Å²) in [5.41, 5.74) is 1.19. The molecule has 0 atom stereocenters. The number of rotatable bonds is 6. The molecule has 0 fully saturated rings. The third-order valence-electron chi connectivity index (χ3n) is 2.80. The third kappa shape index (κ3) is 4.23. The van der Waals surface area contributed by atoms with Gasteiger partial charge in [0.05, 0.1) is 12.2 Å². The third-order valence-corrected chi connectivity index (χ3v) is 3.33. The first-order valence-electron chi connectivity index (χ1n) is 6.47. The predicted molar refractivity (Wildman–Crippen MR) is 83.0 cm³/mol.